The van der Waals surface area contributed by atoms with Gasteiger partial charge < -0.3 is 14.6 Å². The Kier molecular flexibility index (Phi) is 25.3. The van der Waals surface area contributed by atoms with Gasteiger partial charge in [0, 0.05) is 13.0 Å². The molecule has 33 heavy (non-hydrogen) atoms. The van der Waals surface area contributed by atoms with Crippen molar-refractivity contribution in [3.63, 3.8) is 0 Å². The largest absolute Gasteiger partial charge is 0.457 e. The summed E-state index contributed by atoms with van der Waals surface area (Å²) in [5.41, 5.74) is 0. The van der Waals surface area contributed by atoms with Gasteiger partial charge in [-0.05, 0) is 44.9 Å². The van der Waals surface area contributed by atoms with Crippen molar-refractivity contribution in [2.45, 2.75) is 110 Å². The normalized spacial score (nSPS) is 13.2. The Hall–Kier alpha value is -1.65. The lowest BCUT2D eigenvalue weighted by atomic mass is 10.1. The van der Waals surface area contributed by atoms with Crippen molar-refractivity contribution in [3.05, 3.63) is 48.6 Å². The number of allylic oxidation sites excluding steroid dienone is 8. The molecule has 0 rings (SSSR count). The van der Waals surface area contributed by atoms with Gasteiger partial charge in [0.2, 0.25) is 0 Å². The highest BCUT2D eigenvalue weighted by Crippen LogP contribution is 2.09. The van der Waals surface area contributed by atoms with Gasteiger partial charge in [0.05, 0.1) is 13.2 Å². The Morgan fingerprint density at radius 3 is 1.94 bits per heavy atom. The molecule has 190 valence electrons. The van der Waals surface area contributed by atoms with Gasteiger partial charge in [0.15, 0.2) is 0 Å². The first kappa shape index (κ1) is 31.4. The van der Waals surface area contributed by atoms with Crippen molar-refractivity contribution in [1.82, 2.24) is 0 Å². The van der Waals surface area contributed by atoms with Gasteiger partial charge in [-0.25, -0.2) is 0 Å². The van der Waals surface area contributed by atoms with Crippen LogP contribution in [0.15, 0.2) is 48.6 Å². The SMILES string of the molecule is CC/C=C\C/C=C\C/C=C\C/C=C\CCCOCC(CO)OC(=O)CCCCCCCCC. The van der Waals surface area contributed by atoms with Crippen molar-refractivity contribution in [2.24, 2.45) is 0 Å². The van der Waals surface area contributed by atoms with E-state index < -0.39 is 6.10 Å². The molecule has 0 bridgehead atoms. The molecule has 4 heteroatoms. The second kappa shape index (κ2) is 26.6. The fraction of sp³-hybridized carbons (Fsp3) is 0.690. The first-order chi connectivity index (χ1) is 16.2. The lowest BCUT2D eigenvalue weighted by Gasteiger charge is -2.15. The number of aliphatic hydroxyl groups is 1. The molecule has 0 amide bonds. The zero-order valence-corrected chi connectivity index (χ0v) is 21.4. The van der Waals surface area contributed by atoms with Crippen molar-refractivity contribution in [3.8, 4) is 0 Å². The molecule has 0 radical (unpaired) electrons. The minimum absolute atomic E-state index is 0.195. The van der Waals surface area contributed by atoms with E-state index in [1.54, 1.807) is 0 Å². The highest BCUT2D eigenvalue weighted by atomic mass is 16.6. The molecule has 0 fully saturated rings. The number of hydrogen-bond donors (Lipinski definition) is 1. The molecule has 1 N–H and O–H groups in total. The molecule has 0 aliphatic rings. The van der Waals surface area contributed by atoms with E-state index in [2.05, 4.69) is 62.5 Å². The predicted octanol–water partition coefficient (Wildman–Crippen LogP) is 7.63. The third kappa shape index (κ3) is 24.8. The van der Waals surface area contributed by atoms with Gasteiger partial charge in [-0.3, -0.25) is 4.79 Å². The van der Waals surface area contributed by atoms with Gasteiger partial charge in [-0.2, -0.15) is 0 Å². The maximum absolute atomic E-state index is 11.9. The topological polar surface area (TPSA) is 55.8 Å². The maximum Gasteiger partial charge on any atom is 0.306 e. The van der Waals surface area contributed by atoms with E-state index in [1.807, 2.05) is 0 Å². The molecular formula is C29H50O4. The summed E-state index contributed by atoms with van der Waals surface area (Å²) in [6.45, 7) is 5.02. The smallest absolute Gasteiger partial charge is 0.306 e. The summed E-state index contributed by atoms with van der Waals surface area (Å²) >= 11 is 0. The van der Waals surface area contributed by atoms with Gasteiger partial charge in [-0.15, -0.1) is 0 Å². The first-order valence-electron chi connectivity index (χ1n) is 13.2. The summed E-state index contributed by atoms with van der Waals surface area (Å²) in [4.78, 5) is 11.9. The van der Waals surface area contributed by atoms with Crippen LogP contribution in [0.2, 0.25) is 0 Å². The van der Waals surface area contributed by atoms with Crippen LogP contribution in [0.25, 0.3) is 0 Å². The Bertz CT molecular complexity index is 534. The second-order valence-electron chi connectivity index (χ2n) is 8.38. The van der Waals surface area contributed by atoms with Gasteiger partial charge in [0.1, 0.15) is 6.10 Å². The highest BCUT2D eigenvalue weighted by Gasteiger charge is 2.13. The lowest BCUT2D eigenvalue weighted by molar-refractivity contribution is -0.154. The zero-order chi connectivity index (χ0) is 24.2. The Balaban J connectivity index is 3.62. The Labute approximate surface area is 203 Å². The summed E-state index contributed by atoms with van der Waals surface area (Å²) in [5, 5.41) is 9.41. The molecule has 0 aromatic rings. The standard InChI is InChI=1S/C29H50O4/c1-3-5-7-9-11-12-13-14-15-16-17-19-21-23-25-32-27-28(26-30)33-29(31)24-22-20-18-10-8-6-4-2/h5,7,11-12,14-15,17,19,28,30H,3-4,6,8-10,13,16,18,20-27H2,1-2H3/b7-5-,12-11-,15-14-,19-17-. The van der Waals surface area contributed by atoms with Crippen LogP contribution in [-0.4, -0.2) is 37.0 Å². The van der Waals surface area contributed by atoms with Crippen LogP contribution >= 0.6 is 0 Å². The molecule has 0 heterocycles. The third-order valence-corrected chi connectivity index (χ3v) is 5.17. The van der Waals surface area contributed by atoms with Gasteiger partial charge in [0.25, 0.3) is 0 Å². The molecular weight excluding hydrogens is 412 g/mol. The predicted molar refractivity (Wildman–Crippen MR) is 140 cm³/mol. The molecule has 0 saturated heterocycles. The zero-order valence-electron chi connectivity index (χ0n) is 21.4. The third-order valence-electron chi connectivity index (χ3n) is 5.17. The summed E-state index contributed by atoms with van der Waals surface area (Å²) in [6.07, 6.45) is 31.5. The van der Waals surface area contributed by atoms with E-state index in [-0.39, 0.29) is 19.2 Å². The van der Waals surface area contributed by atoms with Gasteiger partial charge in [-0.1, -0.05) is 101 Å². The van der Waals surface area contributed by atoms with Crippen LogP contribution in [0.5, 0.6) is 0 Å². The van der Waals surface area contributed by atoms with E-state index >= 15 is 0 Å². The number of esters is 1. The summed E-state index contributed by atoms with van der Waals surface area (Å²) < 4.78 is 10.9. The minimum Gasteiger partial charge on any atom is -0.457 e. The maximum atomic E-state index is 11.9. The van der Waals surface area contributed by atoms with Crippen LogP contribution in [0.1, 0.15) is 104 Å². The van der Waals surface area contributed by atoms with Crippen LogP contribution in [-0.2, 0) is 14.3 Å². The first-order valence-corrected chi connectivity index (χ1v) is 13.2. The second-order valence-corrected chi connectivity index (χ2v) is 8.38. The molecule has 4 nitrogen and oxygen atoms in total. The van der Waals surface area contributed by atoms with Crippen LogP contribution < -0.4 is 0 Å². The minimum atomic E-state index is -0.556. The summed E-state index contributed by atoms with van der Waals surface area (Å²) in [7, 11) is 0. The highest BCUT2D eigenvalue weighted by molar-refractivity contribution is 5.69. The Morgan fingerprint density at radius 2 is 1.33 bits per heavy atom. The Morgan fingerprint density at radius 1 is 0.758 bits per heavy atom. The molecule has 0 aromatic heterocycles. The van der Waals surface area contributed by atoms with E-state index in [4.69, 9.17) is 9.47 Å². The van der Waals surface area contributed by atoms with Crippen molar-refractivity contribution in [1.29, 1.82) is 0 Å². The van der Waals surface area contributed by atoms with Gasteiger partial charge >= 0.3 is 5.97 Å². The van der Waals surface area contributed by atoms with E-state index in [0.717, 1.165) is 51.4 Å². The van der Waals surface area contributed by atoms with E-state index in [9.17, 15) is 9.90 Å². The summed E-state index contributed by atoms with van der Waals surface area (Å²) in [6, 6.07) is 0. The number of unbranched alkanes of at least 4 members (excludes halogenated alkanes) is 7. The molecule has 0 spiro atoms. The fourth-order valence-corrected chi connectivity index (χ4v) is 3.21. The number of aliphatic hydroxyl groups excluding tert-OH is 1. The molecule has 0 saturated carbocycles. The monoisotopic (exact) mass is 462 g/mol. The van der Waals surface area contributed by atoms with Crippen LogP contribution in [0.4, 0.5) is 0 Å². The number of rotatable bonds is 23. The fourth-order valence-electron chi connectivity index (χ4n) is 3.21. The molecule has 1 unspecified atom stereocenters. The van der Waals surface area contributed by atoms with Crippen LogP contribution in [0.3, 0.4) is 0 Å². The number of hydrogen-bond acceptors (Lipinski definition) is 4. The van der Waals surface area contributed by atoms with E-state index in [0.29, 0.717) is 13.0 Å². The van der Waals surface area contributed by atoms with Crippen molar-refractivity contribution in [2.75, 3.05) is 19.8 Å². The molecule has 0 aliphatic heterocycles. The van der Waals surface area contributed by atoms with Crippen molar-refractivity contribution < 1.29 is 19.4 Å². The summed E-state index contributed by atoms with van der Waals surface area (Å²) in [5.74, 6) is -0.231. The average Bonchev–Trinajstić information content (AvgIpc) is 2.82. The number of ether oxygens (including phenoxy) is 2. The number of carbonyl (C=O) groups is 1. The lowest BCUT2D eigenvalue weighted by Crippen LogP contribution is -2.27. The molecule has 0 aromatic carbocycles. The molecule has 1 atom stereocenters. The molecule has 0 aliphatic carbocycles. The average molecular weight is 463 g/mol. The van der Waals surface area contributed by atoms with Crippen LogP contribution in [0, 0.1) is 0 Å². The quantitative estimate of drug-likeness (QED) is 0.0963. The van der Waals surface area contributed by atoms with Crippen molar-refractivity contribution >= 4 is 5.97 Å². The number of carbonyl (C=O) groups excluding carboxylic acids is 1. The van der Waals surface area contributed by atoms with E-state index in [1.165, 1.54) is 32.1 Å².